The minimum Gasteiger partial charge on any atom is -0.478 e. The van der Waals surface area contributed by atoms with Crippen LogP contribution in [-0.2, 0) is 14.8 Å². The molecule has 8 heteroatoms. The smallest absolute Gasteiger partial charge is 0.335 e. The zero-order valence-electron chi connectivity index (χ0n) is 10.1. The molecule has 0 aliphatic heterocycles. The van der Waals surface area contributed by atoms with Crippen LogP contribution in [0.25, 0.3) is 0 Å². The third-order valence-corrected chi connectivity index (χ3v) is 3.62. The first-order chi connectivity index (χ1) is 8.97. The van der Waals surface area contributed by atoms with Crippen LogP contribution in [-0.4, -0.2) is 51.0 Å². The van der Waals surface area contributed by atoms with Crippen LogP contribution in [0.5, 0.6) is 0 Å². The molecule has 1 rings (SSSR count). The third kappa shape index (κ3) is 4.95. The van der Waals surface area contributed by atoms with Crippen LogP contribution in [0.4, 0.5) is 0 Å². The molecule has 0 heterocycles. The molecule has 0 atom stereocenters. The Hall–Kier alpha value is -1.48. The van der Waals surface area contributed by atoms with Crippen molar-refractivity contribution >= 4 is 16.0 Å². The molecule has 0 saturated heterocycles. The second-order valence-corrected chi connectivity index (χ2v) is 5.33. The van der Waals surface area contributed by atoms with Gasteiger partial charge >= 0.3 is 5.97 Å². The zero-order chi connectivity index (χ0) is 14.3. The average Bonchev–Trinajstić information content (AvgIpc) is 2.38. The van der Waals surface area contributed by atoms with Gasteiger partial charge in [0.2, 0.25) is 10.0 Å². The molecule has 0 aromatic heterocycles. The number of carboxylic acid groups (broad SMARTS) is 1. The number of benzene rings is 1. The highest BCUT2D eigenvalue weighted by Gasteiger charge is 2.15. The Morgan fingerprint density at radius 3 is 2.68 bits per heavy atom. The Bertz CT molecular complexity index is 528. The van der Waals surface area contributed by atoms with Crippen molar-refractivity contribution in [2.45, 2.75) is 4.90 Å². The van der Waals surface area contributed by atoms with E-state index < -0.39 is 16.0 Å². The van der Waals surface area contributed by atoms with Crippen molar-refractivity contribution in [3.05, 3.63) is 29.8 Å². The summed E-state index contributed by atoms with van der Waals surface area (Å²) in [7, 11) is -3.76. The highest BCUT2D eigenvalue weighted by atomic mass is 32.2. The van der Waals surface area contributed by atoms with Crippen molar-refractivity contribution in [2.24, 2.45) is 0 Å². The monoisotopic (exact) mass is 289 g/mol. The summed E-state index contributed by atoms with van der Waals surface area (Å²) in [4.78, 5) is 10.6. The minimum absolute atomic E-state index is 0.0413. The fraction of sp³-hybridized carbons (Fsp3) is 0.364. The molecular formula is C11H15NO6S. The van der Waals surface area contributed by atoms with Crippen LogP contribution in [0.3, 0.4) is 0 Å². The zero-order valence-corrected chi connectivity index (χ0v) is 10.9. The molecule has 0 fully saturated rings. The maximum absolute atomic E-state index is 11.8. The molecule has 0 bridgehead atoms. The minimum atomic E-state index is -3.76. The van der Waals surface area contributed by atoms with E-state index in [1.54, 1.807) is 0 Å². The molecular weight excluding hydrogens is 274 g/mol. The molecule has 0 saturated carbocycles. The van der Waals surface area contributed by atoms with Crippen molar-refractivity contribution in [3.8, 4) is 0 Å². The van der Waals surface area contributed by atoms with Crippen molar-refractivity contribution < 1.29 is 28.2 Å². The first kappa shape index (κ1) is 15.6. The number of hydrogen-bond donors (Lipinski definition) is 3. The number of aromatic carboxylic acids is 1. The predicted octanol–water partition coefficient (Wildman–Crippen LogP) is -0.328. The van der Waals surface area contributed by atoms with E-state index in [-0.39, 0.29) is 36.8 Å². The van der Waals surface area contributed by atoms with Gasteiger partial charge in [-0.05, 0) is 18.2 Å². The number of nitrogens with one attached hydrogen (secondary N) is 1. The Kier molecular flexibility index (Phi) is 5.90. The predicted molar refractivity (Wildman–Crippen MR) is 66.5 cm³/mol. The lowest BCUT2D eigenvalue weighted by atomic mass is 10.2. The van der Waals surface area contributed by atoms with Crippen LogP contribution in [0, 0.1) is 0 Å². The average molecular weight is 289 g/mol. The number of rotatable bonds is 8. The topological polar surface area (TPSA) is 113 Å². The molecule has 3 N–H and O–H groups in total. The Morgan fingerprint density at radius 2 is 2.05 bits per heavy atom. The standard InChI is InChI=1S/C11H15NO6S/c13-5-7-18-6-4-12-19(16,17)10-3-1-2-9(8-10)11(14)15/h1-3,8,12-13H,4-7H2,(H,14,15). The molecule has 1 aromatic rings. The van der Waals surface area contributed by atoms with Gasteiger partial charge in [-0.3, -0.25) is 0 Å². The van der Waals surface area contributed by atoms with Gasteiger partial charge in [0.1, 0.15) is 0 Å². The first-order valence-electron chi connectivity index (χ1n) is 5.49. The largest absolute Gasteiger partial charge is 0.478 e. The number of aliphatic hydroxyl groups is 1. The lowest BCUT2D eigenvalue weighted by molar-refractivity contribution is 0.0696. The van der Waals surface area contributed by atoms with E-state index in [0.717, 1.165) is 6.07 Å². The molecule has 0 aliphatic carbocycles. The molecule has 106 valence electrons. The quantitative estimate of drug-likeness (QED) is 0.565. The van der Waals surface area contributed by atoms with Gasteiger partial charge in [0.15, 0.2) is 0 Å². The lowest BCUT2D eigenvalue weighted by Crippen LogP contribution is -2.28. The molecule has 0 amide bonds. The number of aliphatic hydroxyl groups excluding tert-OH is 1. The summed E-state index contributed by atoms with van der Waals surface area (Å²) in [5, 5.41) is 17.3. The summed E-state index contributed by atoms with van der Waals surface area (Å²) in [5.41, 5.74) is -0.0978. The van der Waals surface area contributed by atoms with Gasteiger partial charge in [-0.15, -0.1) is 0 Å². The number of carboxylic acids is 1. The maximum atomic E-state index is 11.8. The Balaban J connectivity index is 2.66. The van der Waals surface area contributed by atoms with Crippen LogP contribution in [0.1, 0.15) is 10.4 Å². The summed E-state index contributed by atoms with van der Waals surface area (Å²) in [6.45, 7) is 0.168. The molecule has 0 aliphatic rings. The van der Waals surface area contributed by atoms with Crippen molar-refractivity contribution in [1.82, 2.24) is 4.72 Å². The van der Waals surface area contributed by atoms with E-state index >= 15 is 0 Å². The second kappa shape index (κ2) is 7.19. The van der Waals surface area contributed by atoms with Gasteiger partial charge in [-0.25, -0.2) is 17.9 Å². The Morgan fingerprint density at radius 1 is 1.32 bits per heavy atom. The second-order valence-electron chi connectivity index (χ2n) is 3.57. The molecule has 1 aromatic carbocycles. The van der Waals surface area contributed by atoms with Crippen LogP contribution in [0.15, 0.2) is 29.2 Å². The molecule has 0 unspecified atom stereocenters. The van der Waals surface area contributed by atoms with Gasteiger partial charge in [0.25, 0.3) is 0 Å². The van der Waals surface area contributed by atoms with Crippen molar-refractivity contribution in [2.75, 3.05) is 26.4 Å². The van der Waals surface area contributed by atoms with E-state index in [9.17, 15) is 13.2 Å². The third-order valence-electron chi connectivity index (χ3n) is 2.17. The summed E-state index contributed by atoms with van der Waals surface area (Å²) in [6, 6.07) is 5.06. The molecule has 0 radical (unpaired) electrons. The Labute approximate surface area is 110 Å². The van der Waals surface area contributed by atoms with Crippen molar-refractivity contribution in [1.29, 1.82) is 0 Å². The first-order valence-corrected chi connectivity index (χ1v) is 6.97. The highest BCUT2D eigenvalue weighted by Crippen LogP contribution is 2.11. The van der Waals surface area contributed by atoms with E-state index in [0.29, 0.717) is 0 Å². The SMILES string of the molecule is O=C(O)c1cccc(S(=O)(=O)NCCOCCO)c1. The molecule has 7 nitrogen and oxygen atoms in total. The van der Waals surface area contributed by atoms with Crippen LogP contribution in [0.2, 0.25) is 0 Å². The fourth-order valence-electron chi connectivity index (χ4n) is 1.29. The van der Waals surface area contributed by atoms with E-state index in [2.05, 4.69) is 4.72 Å². The summed E-state index contributed by atoms with van der Waals surface area (Å²) in [6.07, 6.45) is 0. The number of hydrogen-bond acceptors (Lipinski definition) is 5. The maximum Gasteiger partial charge on any atom is 0.335 e. The van der Waals surface area contributed by atoms with Gasteiger partial charge in [0.05, 0.1) is 30.3 Å². The van der Waals surface area contributed by atoms with Crippen LogP contribution < -0.4 is 4.72 Å². The summed E-state index contributed by atoms with van der Waals surface area (Å²) in [5.74, 6) is -1.19. The summed E-state index contributed by atoms with van der Waals surface area (Å²) >= 11 is 0. The van der Waals surface area contributed by atoms with E-state index in [4.69, 9.17) is 14.9 Å². The van der Waals surface area contributed by atoms with E-state index in [1.165, 1.54) is 18.2 Å². The van der Waals surface area contributed by atoms with Crippen molar-refractivity contribution in [3.63, 3.8) is 0 Å². The lowest BCUT2D eigenvalue weighted by Gasteiger charge is -2.07. The highest BCUT2D eigenvalue weighted by molar-refractivity contribution is 7.89. The van der Waals surface area contributed by atoms with E-state index in [1.807, 2.05) is 0 Å². The van der Waals surface area contributed by atoms with Gasteiger partial charge in [-0.1, -0.05) is 6.07 Å². The van der Waals surface area contributed by atoms with Gasteiger partial charge in [-0.2, -0.15) is 0 Å². The normalized spacial score (nSPS) is 11.4. The summed E-state index contributed by atoms with van der Waals surface area (Å²) < 4.78 is 30.8. The number of carbonyl (C=O) groups is 1. The molecule has 19 heavy (non-hydrogen) atoms. The van der Waals surface area contributed by atoms with Gasteiger partial charge < -0.3 is 14.9 Å². The van der Waals surface area contributed by atoms with Crippen LogP contribution >= 0.6 is 0 Å². The molecule has 0 spiro atoms. The van der Waals surface area contributed by atoms with Gasteiger partial charge in [0, 0.05) is 6.54 Å². The number of ether oxygens (including phenoxy) is 1. The number of sulfonamides is 1. The fourth-order valence-corrected chi connectivity index (χ4v) is 2.35.